The molecule has 1 aromatic heterocycles. The number of nitrogens with two attached hydrogens (primary N) is 1. The zero-order valence-electron chi connectivity index (χ0n) is 12.6. The number of primary amides is 1. The predicted octanol–water partition coefficient (Wildman–Crippen LogP) is 1.46. The summed E-state index contributed by atoms with van der Waals surface area (Å²) < 4.78 is 0. The van der Waals surface area contributed by atoms with Gasteiger partial charge >= 0.3 is 0 Å². The summed E-state index contributed by atoms with van der Waals surface area (Å²) in [4.78, 5) is 18.3. The molecule has 2 aliphatic rings. The Morgan fingerprint density at radius 3 is 2.95 bits per heavy atom. The van der Waals surface area contributed by atoms with Crippen LogP contribution in [0.2, 0.25) is 0 Å². The number of hydrogen-bond acceptors (Lipinski definition) is 4. The van der Waals surface area contributed by atoms with Crippen molar-refractivity contribution in [3.8, 4) is 0 Å². The number of piperidine rings is 1. The lowest BCUT2D eigenvalue weighted by Gasteiger charge is -2.36. The van der Waals surface area contributed by atoms with Gasteiger partial charge < -0.3 is 16.0 Å². The molecule has 0 saturated carbocycles. The summed E-state index contributed by atoms with van der Waals surface area (Å²) in [6.07, 6.45) is 5.04. The first-order chi connectivity index (χ1) is 10.1. The number of aryl methyl sites for hydroxylation is 1. The highest BCUT2D eigenvalue weighted by molar-refractivity contribution is 5.93. The van der Waals surface area contributed by atoms with Crippen LogP contribution >= 0.6 is 0 Å². The van der Waals surface area contributed by atoms with E-state index < -0.39 is 0 Å². The van der Waals surface area contributed by atoms with Gasteiger partial charge in [0.05, 0.1) is 0 Å². The molecule has 2 unspecified atom stereocenters. The summed E-state index contributed by atoms with van der Waals surface area (Å²) in [6, 6.07) is 4.24. The van der Waals surface area contributed by atoms with Gasteiger partial charge in [0, 0.05) is 30.4 Å². The highest BCUT2D eigenvalue weighted by atomic mass is 16.1. The highest BCUT2D eigenvalue weighted by Gasteiger charge is 2.29. The van der Waals surface area contributed by atoms with Crippen LogP contribution in [-0.2, 0) is 0 Å². The van der Waals surface area contributed by atoms with E-state index in [4.69, 9.17) is 5.73 Å². The van der Waals surface area contributed by atoms with E-state index in [0.29, 0.717) is 17.5 Å². The Morgan fingerprint density at radius 1 is 1.38 bits per heavy atom. The fourth-order valence-electron chi connectivity index (χ4n) is 3.62. The minimum atomic E-state index is -0.382. The van der Waals surface area contributed by atoms with Crippen molar-refractivity contribution >= 4 is 11.7 Å². The number of carbonyl (C=O) groups is 1. The average molecular weight is 288 g/mol. The molecule has 3 N–H and O–H groups in total. The Morgan fingerprint density at radius 2 is 2.24 bits per heavy atom. The molecule has 0 radical (unpaired) electrons. The lowest BCUT2D eigenvalue weighted by atomic mass is 9.90. The van der Waals surface area contributed by atoms with Crippen molar-refractivity contribution in [2.45, 2.75) is 38.6 Å². The number of nitrogens with one attached hydrogen (secondary N) is 1. The minimum Gasteiger partial charge on any atom is -0.366 e. The van der Waals surface area contributed by atoms with Gasteiger partial charge in [0.1, 0.15) is 5.82 Å². The first-order valence-electron chi connectivity index (χ1n) is 7.90. The van der Waals surface area contributed by atoms with Crippen LogP contribution in [0.25, 0.3) is 0 Å². The number of nitrogens with zero attached hydrogens (tertiary/aromatic N) is 2. The first kappa shape index (κ1) is 14.3. The van der Waals surface area contributed by atoms with Crippen LogP contribution in [0.5, 0.6) is 0 Å². The summed E-state index contributed by atoms with van der Waals surface area (Å²) in [7, 11) is 0. The molecule has 0 bridgehead atoms. The second-order valence-electron chi connectivity index (χ2n) is 6.27. The smallest absolute Gasteiger partial charge is 0.248 e. The molecule has 0 spiro atoms. The number of amides is 1. The summed E-state index contributed by atoms with van der Waals surface area (Å²) >= 11 is 0. The maximum atomic E-state index is 11.4. The van der Waals surface area contributed by atoms with Crippen molar-refractivity contribution in [2.24, 2.45) is 11.7 Å². The number of anilines is 1. The molecule has 0 aliphatic carbocycles. The zero-order chi connectivity index (χ0) is 14.8. The molecule has 2 fully saturated rings. The average Bonchev–Trinajstić information content (AvgIpc) is 3.01. The molecule has 1 amide bonds. The molecule has 2 saturated heterocycles. The highest BCUT2D eigenvalue weighted by Crippen LogP contribution is 2.27. The van der Waals surface area contributed by atoms with Gasteiger partial charge in [-0.1, -0.05) is 0 Å². The molecule has 5 heteroatoms. The van der Waals surface area contributed by atoms with Gasteiger partial charge in [-0.15, -0.1) is 0 Å². The molecule has 3 heterocycles. The Labute approximate surface area is 125 Å². The van der Waals surface area contributed by atoms with Crippen molar-refractivity contribution in [2.75, 3.05) is 24.5 Å². The first-order valence-corrected chi connectivity index (χ1v) is 7.90. The Bertz CT molecular complexity index is 525. The second kappa shape index (κ2) is 6.02. The van der Waals surface area contributed by atoms with Gasteiger partial charge in [-0.2, -0.15) is 0 Å². The summed E-state index contributed by atoms with van der Waals surface area (Å²) in [6.45, 7) is 5.09. The van der Waals surface area contributed by atoms with E-state index in [9.17, 15) is 4.79 Å². The van der Waals surface area contributed by atoms with E-state index >= 15 is 0 Å². The van der Waals surface area contributed by atoms with Gasteiger partial charge in [-0.3, -0.25) is 4.79 Å². The maximum Gasteiger partial charge on any atom is 0.248 e. The molecule has 1 aromatic rings. The number of aromatic nitrogens is 1. The minimum absolute atomic E-state index is 0.382. The molecule has 21 heavy (non-hydrogen) atoms. The SMILES string of the molecule is Cc1cc(C(N)=O)cc(N2CCCC(C3CCCN3)C2)n1. The molecule has 3 rings (SSSR count). The van der Waals surface area contributed by atoms with Gasteiger partial charge in [-0.05, 0) is 57.2 Å². The number of hydrogen-bond donors (Lipinski definition) is 2. The molecular weight excluding hydrogens is 264 g/mol. The molecule has 5 nitrogen and oxygen atoms in total. The largest absolute Gasteiger partial charge is 0.366 e. The molecule has 0 aromatic carbocycles. The van der Waals surface area contributed by atoms with Gasteiger partial charge in [0.2, 0.25) is 5.91 Å². The Balaban J connectivity index is 1.77. The van der Waals surface area contributed by atoms with Crippen LogP contribution in [-0.4, -0.2) is 36.6 Å². The van der Waals surface area contributed by atoms with Crippen LogP contribution in [0.1, 0.15) is 41.7 Å². The van der Waals surface area contributed by atoms with E-state index in [1.54, 1.807) is 6.07 Å². The monoisotopic (exact) mass is 288 g/mol. The van der Waals surface area contributed by atoms with Crippen molar-refractivity contribution in [3.63, 3.8) is 0 Å². The van der Waals surface area contributed by atoms with Crippen LogP contribution in [0.3, 0.4) is 0 Å². The van der Waals surface area contributed by atoms with E-state index in [-0.39, 0.29) is 5.91 Å². The zero-order valence-corrected chi connectivity index (χ0v) is 12.6. The molecule has 2 atom stereocenters. The van der Waals surface area contributed by atoms with E-state index in [0.717, 1.165) is 31.1 Å². The third-order valence-electron chi connectivity index (χ3n) is 4.67. The van der Waals surface area contributed by atoms with Crippen molar-refractivity contribution < 1.29 is 4.79 Å². The van der Waals surface area contributed by atoms with Crippen molar-refractivity contribution in [1.82, 2.24) is 10.3 Å². The molecule has 2 aliphatic heterocycles. The lowest BCUT2D eigenvalue weighted by molar-refractivity contribution is 0.1000. The quantitative estimate of drug-likeness (QED) is 0.883. The van der Waals surface area contributed by atoms with Gasteiger partial charge in [0.25, 0.3) is 0 Å². The number of carbonyl (C=O) groups excluding carboxylic acids is 1. The van der Waals surface area contributed by atoms with Crippen molar-refractivity contribution in [1.29, 1.82) is 0 Å². The molecular formula is C16H24N4O. The maximum absolute atomic E-state index is 11.4. The fraction of sp³-hybridized carbons (Fsp3) is 0.625. The number of rotatable bonds is 3. The predicted molar refractivity (Wildman–Crippen MR) is 83.5 cm³/mol. The second-order valence-corrected chi connectivity index (χ2v) is 6.27. The number of pyridine rings is 1. The summed E-state index contributed by atoms with van der Waals surface area (Å²) in [5.74, 6) is 1.19. The van der Waals surface area contributed by atoms with Gasteiger partial charge in [-0.25, -0.2) is 4.98 Å². The fourth-order valence-corrected chi connectivity index (χ4v) is 3.62. The topological polar surface area (TPSA) is 71.2 Å². The lowest BCUT2D eigenvalue weighted by Crippen LogP contribution is -2.44. The third-order valence-corrected chi connectivity index (χ3v) is 4.67. The van der Waals surface area contributed by atoms with Crippen molar-refractivity contribution in [3.05, 3.63) is 23.4 Å². The van der Waals surface area contributed by atoms with Gasteiger partial charge in [0.15, 0.2) is 0 Å². The third kappa shape index (κ3) is 3.18. The van der Waals surface area contributed by atoms with Crippen LogP contribution < -0.4 is 16.0 Å². The van der Waals surface area contributed by atoms with Crippen LogP contribution in [0.4, 0.5) is 5.82 Å². The van der Waals surface area contributed by atoms with Crippen LogP contribution in [0.15, 0.2) is 12.1 Å². The van der Waals surface area contributed by atoms with E-state index in [2.05, 4.69) is 15.2 Å². The Kier molecular flexibility index (Phi) is 4.10. The van der Waals surface area contributed by atoms with E-state index in [1.165, 1.54) is 25.7 Å². The normalized spacial score (nSPS) is 26.0. The summed E-state index contributed by atoms with van der Waals surface area (Å²) in [5.41, 5.74) is 6.82. The molecule has 114 valence electrons. The summed E-state index contributed by atoms with van der Waals surface area (Å²) in [5, 5.41) is 3.62. The van der Waals surface area contributed by atoms with Crippen LogP contribution in [0, 0.1) is 12.8 Å². The standard InChI is InChI=1S/C16H24N4O/c1-11-8-13(16(17)21)9-15(19-11)20-7-3-4-12(10-20)14-5-2-6-18-14/h8-9,12,14,18H,2-7,10H2,1H3,(H2,17,21). The Hall–Kier alpha value is -1.62. The van der Waals surface area contributed by atoms with E-state index in [1.807, 2.05) is 13.0 Å².